The molecular weight excluding hydrogens is 312 g/mol. The van der Waals surface area contributed by atoms with E-state index in [1.165, 1.54) is 18.3 Å². The highest BCUT2D eigenvalue weighted by Crippen LogP contribution is 2.18. The van der Waals surface area contributed by atoms with E-state index in [1.807, 2.05) is 30.5 Å². The number of thiazole rings is 1. The minimum Gasteiger partial charge on any atom is -0.334 e. The van der Waals surface area contributed by atoms with E-state index in [4.69, 9.17) is 0 Å². The van der Waals surface area contributed by atoms with E-state index >= 15 is 0 Å². The summed E-state index contributed by atoms with van der Waals surface area (Å²) in [5.74, 6) is -0.123. The highest BCUT2D eigenvalue weighted by atomic mass is 32.1. The number of benzene rings is 1. The van der Waals surface area contributed by atoms with Crippen molar-refractivity contribution in [3.63, 3.8) is 0 Å². The Hall–Kier alpha value is -2.41. The number of urea groups is 1. The van der Waals surface area contributed by atoms with Crippen molar-refractivity contribution in [2.75, 3.05) is 5.32 Å². The molecule has 122 valence electrons. The molecule has 6 nitrogen and oxygen atoms in total. The summed E-state index contributed by atoms with van der Waals surface area (Å²) in [5, 5.41) is 11.2. The molecule has 0 saturated heterocycles. The van der Waals surface area contributed by atoms with Gasteiger partial charge in [-0.2, -0.15) is 0 Å². The molecule has 3 N–H and O–H groups in total. The molecule has 0 aliphatic heterocycles. The first-order valence-electron chi connectivity index (χ1n) is 7.38. The van der Waals surface area contributed by atoms with Crippen molar-refractivity contribution in [3.8, 4) is 0 Å². The summed E-state index contributed by atoms with van der Waals surface area (Å²) in [5.41, 5.74) is 1.63. The van der Waals surface area contributed by atoms with E-state index in [9.17, 15) is 9.59 Å². The van der Waals surface area contributed by atoms with E-state index < -0.39 is 0 Å². The maximum absolute atomic E-state index is 12.0. The van der Waals surface area contributed by atoms with E-state index in [0.29, 0.717) is 12.2 Å². The predicted octanol–water partition coefficient (Wildman–Crippen LogP) is 3.05. The largest absolute Gasteiger partial charge is 0.334 e. The first kappa shape index (κ1) is 17.0. The van der Waals surface area contributed by atoms with E-state index in [-0.39, 0.29) is 18.0 Å². The number of hydrogen-bond acceptors (Lipinski definition) is 4. The number of amides is 3. The molecule has 2 aromatic rings. The Bertz CT molecular complexity index is 658. The van der Waals surface area contributed by atoms with Gasteiger partial charge < -0.3 is 16.0 Å². The molecule has 1 atom stereocenters. The quantitative estimate of drug-likeness (QED) is 0.760. The van der Waals surface area contributed by atoms with Gasteiger partial charge in [-0.05, 0) is 24.1 Å². The lowest BCUT2D eigenvalue weighted by molar-refractivity contribution is -0.114. The Kier molecular flexibility index (Phi) is 6.10. The zero-order chi connectivity index (χ0) is 16.7. The molecule has 1 heterocycles. The van der Waals surface area contributed by atoms with Crippen LogP contribution in [0.25, 0.3) is 0 Å². The van der Waals surface area contributed by atoms with E-state index in [0.717, 1.165) is 17.0 Å². The van der Waals surface area contributed by atoms with Gasteiger partial charge in [-0.25, -0.2) is 9.78 Å². The molecule has 2 rings (SSSR count). The number of nitrogens with one attached hydrogen (secondary N) is 3. The van der Waals surface area contributed by atoms with Gasteiger partial charge in [-0.15, -0.1) is 11.3 Å². The summed E-state index contributed by atoms with van der Waals surface area (Å²) in [6, 6.07) is 7.05. The third-order valence-electron chi connectivity index (χ3n) is 3.16. The predicted molar refractivity (Wildman–Crippen MR) is 91.3 cm³/mol. The Balaban J connectivity index is 1.87. The Morgan fingerprint density at radius 2 is 2.17 bits per heavy atom. The van der Waals surface area contributed by atoms with Crippen LogP contribution in [0.3, 0.4) is 0 Å². The highest BCUT2D eigenvalue weighted by molar-refractivity contribution is 7.09. The van der Waals surface area contributed by atoms with Crippen molar-refractivity contribution >= 4 is 29.0 Å². The van der Waals surface area contributed by atoms with Gasteiger partial charge >= 0.3 is 6.03 Å². The second kappa shape index (κ2) is 8.28. The van der Waals surface area contributed by atoms with Gasteiger partial charge in [0.25, 0.3) is 0 Å². The van der Waals surface area contributed by atoms with Crippen LogP contribution in [0.2, 0.25) is 0 Å². The normalized spacial score (nSPS) is 11.6. The molecule has 7 heteroatoms. The Labute approximate surface area is 139 Å². The first-order valence-corrected chi connectivity index (χ1v) is 8.26. The third kappa shape index (κ3) is 5.37. The molecule has 0 fully saturated rings. The van der Waals surface area contributed by atoms with Crippen LogP contribution < -0.4 is 16.0 Å². The molecule has 3 amide bonds. The van der Waals surface area contributed by atoms with Crippen molar-refractivity contribution in [1.29, 1.82) is 0 Å². The number of hydrogen-bond donors (Lipinski definition) is 3. The molecule has 0 bridgehead atoms. The van der Waals surface area contributed by atoms with Crippen LogP contribution in [0.1, 0.15) is 36.9 Å². The molecule has 0 unspecified atom stereocenters. The summed E-state index contributed by atoms with van der Waals surface area (Å²) in [4.78, 5) is 27.3. The fraction of sp³-hybridized carbons (Fsp3) is 0.312. The molecule has 23 heavy (non-hydrogen) atoms. The lowest BCUT2D eigenvalue weighted by atomic mass is 10.2. The maximum Gasteiger partial charge on any atom is 0.315 e. The second-order valence-corrected chi connectivity index (χ2v) is 5.97. The second-order valence-electron chi connectivity index (χ2n) is 5.04. The standard InChI is InChI=1S/C16H20N4O2S/c1-3-14(15-17-7-8-23-15)20-16(22)18-10-12-5-4-6-13(9-12)19-11(2)21/h4-9,14H,3,10H2,1-2H3,(H,19,21)(H2,18,20,22)/t14-/m1/s1. The number of anilines is 1. The molecule has 0 aliphatic rings. The van der Waals surface area contributed by atoms with Crippen LogP contribution >= 0.6 is 11.3 Å². The van der Waals surface area contributed by atoms with Gasteiger partial charge in [-0.3, -0.25) is 4.79 Å². The lowest BCUT2D eigenvalue weighted by Gasteiger charge is -2.15. The van der Waals surface area contributed by atoms with Gasteiger partial charge in [-0.1, -0.05) is 19.1 Å². The third-order valence-corrected chi connectivity index (χ3v) is 4.05. The maximum atomic E-state index is 12.0. The van der Waals surface area contributed by atoms with Crippen LogP contribution in [0.5, 0.6) is 0 Å². The smallest absolute Gasteiger partial charge is 0.315 e. The van der Waals surface area contributed by atoms with E-state index in [2.05, 4.69) is 20.9 Å². The number of rotatable bonds is 6. The minimum atomic E-state index is -0.239. The van der Waals surface area contributed by atoms with Gasteiger partial charge in [0.05, 0.1) is 6.04 Å². The number of carbonyl (C=O) groups excluding carboxylic acids is 2. The van der Waals surface area contributed by atoms with E-state index in [1.54, 1.807) is 12.3 Å². The zero-order valence-electron chi connectivity index (χ0n) is 13.1. The van der Waals surface area contributed by atoms with Crippen LogP contribution in [0.15, 0.2) is 35.8 Å². The summed E-state index contributed by atoms with van der Waals surface area (Å²) in [6.07, 6.45) is 2.51. The van der Waals surface area contributed by atoms with Gasteiger partial charge in [0, 0.05) is 30.7 Å². The van der Waals surface area contributed by atoms with Crippen molar-refractivity contribution in [3.05, 3.63) is 46.4 Å². The highest BCUT2D eigenvalue weighted by Gasteiger charge is 2.14. The molecule has 0 spiro atoms. The Morgan fingerprint density at radius 3 is 2.83 bits per heavy atom. The van der Waals surface area contributed by atoms with Crippen LogP contribution in [0, 0.1) is 0 Å². The van der Waals surface area contributed by atoms with Crippen LogP contribution in [-0.4, -0.2) is 16.9 Å². The number of carbonyl (C=O) groups is 2. The zero-order valence-corrected chi connectivity index (χ0v) is 13.9. The molecule has 0 radical (unpaired) electrons. The molecule has 1 aromatic carbocycles. The summed E-state index contributed by atoms with van der Waals surface area (Å²) < 4.78 is 0. The number of aromatic nitrogens is 1. The van der Waals surface area contributed by atoms with Crippen molar-refractivity contribution in [2.45, 2.75) is 32.9 Å². The fourth-order valence-electron chi connectivity index (χ4n) is 2.10. The summed E-state index contributed by atoms with van der Waals surface area (Å²) in [7, 11) is 0. The summed E-state index contributed by atoms with van der Waals surface area (Å²) in [6.45, 7) is 3.85. The van der Waals surface area contributed by atoms with Gasteiger partial charge in [0.1, 0.15) is 5.01 Å². The molecule has 1 aromatic heterocycles. The molecular formula is C16H20N4O2S. The average molecular weight is 332 g/mol. The topological polar surface area (TPSA) is 83.1 Å². The fourth-order valence-corrected chi connectivity index (χ4v) is 2.87. The molecule has 0 saturated carbocycles. The van der Waals surface area contributed by atoms with Gasteiger partial charge in [0.15, 0.2) is 0 Å². The monoisotopic (exact) mass is 332 g/mol. The molecule has 0 aliphatic carbocycles. The van der Waals surface area contributed by atoms with Gasteiger partial charge in [0.2, 0.25) is 5.91 Å². The van der Waals surface area contributed by atoms with Crippen molar-refractivity contribution < 1.29 is 9.59 Å². The van der Waals surface area contributed by atoms with Crippen molar-refractivity contribution in [1.82, 2.24) is 15.6 Å². The SMILES string of the molecule is CC[C@@H](NC(=O)NCc1cccc(NC(C)=O)c1)c1nccs1. The summed E-state index contributed by atoms with van der Waals surface area (Å²) >= 11 is 1.53. The lowest BCUT2D eigenvalue weighted by Crippen LogP contribution is -2.37. The minimum absolute atomic E-state index is 0.0827. The first-order chi connectivity index (χ1) is 11.1. The van der Waals surface area contributed by atoms with Crippen LogP contribution in [0.4, 0.5) is 10.5 Å². The Morgan fingerprint density at radius 1 is 1.35 bits per heavy atom. The van der Waals surface area contributed by atoms with Crippen LogP contribution in [-0.2, 0) is 11.3 Å². The van der Waals surface area contributed by atoms with Crippen molar-refractivity contribution in [2.24, 2.45) is 0 Å². The number of nitrogens with zero attached hydrogens (tertiary/aromatic N) is 1. The average Bonchev–Trinajstić information content (AvgIpc) is 3.04.